The molecule has 1 saturated carbocycles. The van der Waals surface area contributed by atoms with Crippen LogP contribution in [0.15, 0.2) is 18.3 Å². The van der Waals surface area contributed by atoms with E-state index in [9.17, 15) is 0 Å². The normalized spacial score (nSPS) is 25.1. The Bertz CT molecular complexity index is 387. The molecule has 3 heteroatoms. The molecule has 0 aromatic carbocycles. The van der Waals surface area contributed by atoms with Crippen LogP contribution >= 0.6 is 0 Å². The number of hydrogen-bond acceptors (Lipinski definition) is 3. The first-order valence-electron chi connectivity index (χ1n) is 6.84. The molecule has 0 spiro atoms. The van der Waals surface area contributed by atoms with Gasteiger partial charge in [-0.05, 0) is 44.8 Å². The van der Waals surface area contributed by atoms with Crippen LogP contribution in [0.3, 0.4) is 0 Å². The Morgan fingerprint density at radius 2 is 2.29 bits per heavy atom. The zero-order valence-electron chi connectivity index (χ0n) is 10.5. The molecule has 3 nitrogen and oxygen atoms in total. The summed E-state index contributed by atoms with van der Waals surface area (Å²) in [5.74, 6) is 1.13. The van der Waals surface area contributed by atoms with E-state index in [-0.39, 0.29) is 0 Å². The summed E-state index contributed by atoms with van der Waals surface area (Å²) in [4.78, 5) is 7.10. The number of nitrogens with zero attached hydrogens (tertiary/aromatic N) is 2. The summed E-state index contributed by atoms with van der Waals surface area (Å²) in [5.41, 5.74) is 1.40. The maximum atomic E-state index is 4.53. The van der Waals surface area contributed by atoms with E-state index in [2.05, 4.69) is 34.3 Å². The van der Waals surface area contributed by atoms with E-state index in [0.29, 0.717) is 12.1 Å². The Kier molecular flexibility index (Phi) is 3.02. The van der Waals surface area contributed by atoms with Gasteiger partial charge in [0.2, 0.25) is 0 Å². The summed E-state index contributed by atoms with van der Waals surface area (Å²) in [6, 6.07) is 5.57. The maximum Gasteiger partial charge on any atom is 0.130 e. The van der Waals surface area contributed by atoms with Crippen molar-refractivity contribution in [3.05, 3.63) is 23.9 Å². The SMILES string of the molecule is CCN1CCC[C@@H]1c1cccnc1NC1CC1. The third kappa shape index (κ3) is 2.29. The molecule has 1 aromatic rings. The lowest BCUT2D eigenvalue weighted by Crippen LogP contribution is -2.23. The third-order valence-corrected chi connectivity index (χ3v) is 3.89. The molecule has 0 unspecified atom stereocenters. The molecule has 0 amide bonds. The molecule has 1 atom stereocenters. The molecule has 3 rings (SSSR count). The fourth-order valence-corrected chi connectivity index (χ4v) is 2.79. The first-order valence-corrected chi connectivity index (χ1v) is 6.84. The number of hydrogen-bond donors (Lipinski definition) is 1. The molecule has 2 aliphatic rings. The minimum absolute atomic E-state index is 0.579. The Morgan fingerprint density at radius 3 is 3.06 bits per heavy atom. The van der Waals surface area contributed by atoms with Gasteiger partial charge >= 0.3 is 0 Å². The predicted octanol–water partition coefficient (Wildman–Crippen LogP) is 2.81. The summed E-state index contributed by atoms with van der Waals surface area (Å²) in [6.07, 6.45) is 7.10. The quantitative estimate of drug-likeness (QED) is 0.863. The van der Waals surface area contributed by atoms with E-state index in [1.54, 1.807) is 0 Å². The average Bonchev–Trinajstić information content (AvgIpc) is 3.05. The first kappa shape index (κ1) is 11.0. The second-order valence-corrected chi connectivity index (χ2v) is 5.15. The van der Waals surface area contributed by atoms with E-state index in [1.807, 2.05) is 6.20 Å². The van der Waals surface area contributed by atoms with Crippen LogP contribution < -0.4 is 5.32 Å². The molecule has 0 bridgehead atoms. The highest BCUT2D eigenvalue weighted by molar-refractivity contribution is 5.47. The molecule has 1 aliphatic heterocycles. The van der Waals surface area contributed by atoms with Crippen LogP contribution in [0.1, 0.15) is 44.2 Å². The number of pyridine rings is 1. The van der Waals surface area contributed by atoms with Gasteiger partial charge in [0.05, 0.1) is 0 Å². The Morgan fingerprint density at radius 1 is 1.41 bits per heavy atom. The topological polar surface area (TPSA) is 28.2 Å². The van der Waals surface area contributed by atoms with Crippen LogP contribution in [0, 0.1) is 0 Å². The second kappa shape index (κ2) is 4.65. The molecule has 2 fully saturated rings. The minimum Gasteiger partial charge on any atom is -0.367 e. The zero-order chi connectivity index (χ0) is 11.7. The monoisotopic (exact) mass is 231 g/mol. The molecular weight excluding hydrogens is 210 g/mol. The van der Waals surface area contributed by atoms with Crippen LogP contribution in [-0.4, -0.2) is 29.0 Å². The molecule has 1 N–H and O–H groups in total. The molecule has 17 heavy (non-hydrogen) atoms. The highest BCUT2D eigenvalue weighted by atomic mass is 15.2. The van der Waals surface area contributed by atoms with Gasteiger partial charge < -0.3 is 5.32 Å². The van der Waals surface area contributed by atoms with Crippen molar-refractivity contribution in [2.75, 3.05) is 18.4 Å². The van der Waals surface area contributed by atoms with Crippen LogP contribution in [0.2, 0.25) is 0 Å². The largest absolute Gasteiger partial charge is 0.367 e. The summed E-state index contributed by atoms with van der Waals surface area (Å²) in [6.45, 7) is 4.63. The molecular formula is C14H21N3. The lowest BCUT2D eigenvalue weighted by molar-refractivity contribution is 0.272. The van der Waals surface area contributed by atoms with Gasteiger partial charge in [-0.1, -0.05) is 13.0 Å². The van der Waals surface area contributed by atoms with Crippen molar-refractivity contribution in [2.45, 2.75) is 44.7 Å². The smallest absolute Gasteiger partial charge is 0.130 e. The van der Waals surface area contributed by atoms with Gasteiger partial charge in [-0.15, -0.1) is 0 Å². The lowest BCUT2D eigenvalue weighted by atomic mass is 10.1. The van der Waals surface area contributed by atoms with Crippen molar-refractivity contribution >= 4 is 5.82 Å². The first-order chi connectivity index (χ1) is 8.38. The van der Waals surface area contributed by atoms with Crippen molar-refractivity contribution < 1.29 is 0 Å². The Hall–Kier alpha value is -1.09. The standard InChI is InChI=1S/C14H21N3/c1-2-17-10-4-6-13(17)12-5-3-9-15-14(12)16-11-7-8-11/h3,5,9,11,13H,2,4,6-8,10H2,1H3,(H,15,16)/t13-/m1/s1. The zero-order valence-corrected chi connectivity index (χ0v) is 10.5. The van der Waals surface area contributed by atoms with E-state index >= 15 is 0 Å². The van der Waals surface area contributed by atoms with E-state index < -0.39 is 0 Å². The van der Waals surface area contributed by atoms with E-state index in [4.69, 9.17) is 0 Å². The Balaban J connectivity index is 1.84. The van der Waals surface area contributed by atoms with Gasteiger partial charge in [0, 0.05) is 23.8 Å². The maximum absolute atomic E-state index is 4.53. The minimum atomic E-state index is 0.579. The van der Waals surface area contributed by atoms with Crippen LogP contribution in [-0.2, 0) is 0 Å². The van der Waals surface area contributed by atoms with Gasteiger partial charge in [-0.2, -0.15) is 0 Å². The van der Waals surface area contributed by atoms with E-state index in [1.165, 1.54) is 37.8 Å². The summed E-state index contributed by atoms with van der Waals surface area (Å²) in [7, 11) is 0. The van der Waals surface area contributed by atoms with Crippen molar-refractivity contribution in [3.8, 4) is 0 Å². The summed E-state index contributed by atoms with van der Waals surface area (Å²) < 4.78 is 0. The Labute approximate surface area is 103 Å². The van der Waals surface area contributed by atoms with Crippen LogP contribution in [0.4, 0.5) is 5.82 Å². The lowest BCUT2D eigenvalue weighted by Gasteiger charge is -2.24. The van der Waals surface area contributed by atoms with Crippen molar-refractivity contribution in [2.24, 2.45) is 0 Å². The summed E-state index contributed by atoms with van der Waals surface area (Å²) >= 11 is 0. The van der Waals surface area contributed by atoms with Crippen LogP contribution in [0.25, 0.3) is 0 Å². The van der Waals surface area contributed by atoms with Crippen LogP contribution in [0.5, 0.6) is 0 Å². The molecule has 1 aromatic heterocycles. The van der Waals surface area contributed by atoms with Gasteiger partial charge in [0.15, 0.2) is 0 Å². The highest BCUT2D eigenvalue weighted by Gasteiger charge is 2.29. The fourth-order valence-electron chi connectivity index (χ4n) is 2.79. The number of aromatic nitrogens is 1. The predicted molar refractivity (Wildman–Crippen MR) is 70.1 cm³/mol. The molecule has 92 valence electrons. The van der Waals surface area contributed by atoms with Gasteiger partial charge in [0.1, 0.15) is 5.82 Å². The van der Waals surface area contributed by atoms with E-state index in [0.717, 1.165) is 12.4 Å². The number of anilines is 1. The molecule has 1 saturated heterocycles. The third-order valence-electron chi connectivity index (χ3n) is 3.89. The molecule has 1 aliphatic carbocycles. The summed E-state index contributed by atoms with van der Waals surface area (Å²) in [5, 5.41) is 3.57. The molecule has 2 heterocycles. The van der Waals surface area contributed by atoms with Crippen molar-refractivity contribution in [1.29, 1.82) is 0 Å². The average molecular weight is 231 g/mol. The van der Waals surface area contributed by atoms with Gasteiger partial charge in [0.25, 0.3) is 0 Å². The number of likely N-dealkylation sites (tertiary alicyclic amines) is 1. The van der Waals surface area contributed by atoms with Crippen molar-refractivity contribution in [1.82, 2.24) is 9.88 Å². The van der Waals surface area contributed by atoms with Gasteiger partial charge in [-0.3, -0.25) is 4.90 Å². The number of nitrogens with one attached hydrogen (secondary N) is 1. The van der Waals surface area contributed by atoms with Crippen molar-refractivity contribution in [3.63, 3.8) is 0 Å². The number of rotatable bonds is 4. The van der Waals surface area contributed by atoms with Gasteiger partial charge in [-0.25, -0.2) is 4.98 Å². The fraction of sp³-hybridized carbons (Fsp3) is 0.643. The molecule has 0 radical (unpaired) electrons. The second-order valence-electron chi connectivity index (χ2n) is 5.15. The highest BCUT2D eigenvalue weighted by Crippen LogP contribution is 2.36.